The molecule has 0 saturated carbocycles. The zero-order chi connectivity index (χ0) is 60.7. The van der Waals surface area contributed by atoms with Gasteiger partial charge < -0.3 is 9.80 Å². The van der Waals surface area contributed by atoms with Crippen LogP contribution in [0.5, 0.6) is 0 Å². The van der Waals surface area contributed by atoms with Crippen molar-refractivity contribution in [2.24, 2.45) is 0 Å². The van der Waals surface area contributed by atoms with Gasteiger partial charge in [-0.15, -0.1) is 0 Å². The molecule has 5 heteroatoms. The van der Waals surface area contributed by atoms with Crippen LogP contribution in [0.2, 0.25) is 0 Å². The van der Waals surface area contributed by atoms with Gasteiger partial charge in [0.2, 0.25) is 0 Å². The van der Waals surface area contributed by atoms with Crippen molar-refractivity contribution in [2.45, 2.75) is 209 Å². The number of benzene rings is 7. The summed E-state index contributed by atoms with van der Waals surface area (Å²) in [6.07, 6.45) is 0. The minimum Gasteiger partial charge on any atom is -0.311 e. The van der Waals surface area contributed by atoms with Crippen LogP contribution in [0.15, 0.2) is 140 Å². The van der Waals surface area contributed by atoms with E-state index in [-0.39, 0.29) is 50.0 Å². The molecule has 2 aliphatic rings. The SMILES string of the molecule is CC(C)(C)c1ccc(N2c3cc(C(C)(C)C)ccc3B3c4ccc(C(C)(C)C)cc4N(c4ccc(C(C)(C)C)cc4)c4cc(-c5nc(-c6cc(C(C)(C)C)cc(C(C)(C)C)c6)cc(-c6cc(C(C)(C)C)cc(C(C)(C)C)c6)n5)cc2c43)cc1. The zero-order valence-corrected chi connectivity index (χ0v) is 55.1. The first-order valence-corrected chi connectivity index (χ1v) is 30.7. The van der Waals surface area contributed by atoms with Crippen molar-refractivity contribution in [3.63, 3.8) is 0 Å². The fourth-order valence-electron chi connectivity index (χ4n) is 12.0. The Labute approximate surface area is 501 Å². The van der Waals surface area contributed by atoms with Gasteiger partial charge >= 0.3 is 0 Å². The van der Waals surface area contributed by atoms with Crippen LogP contribution in [0.25, 0.3) is 33.9 Å². The number of fused-ring (bicyclic) bond motifs is 4. The van der Waals surface area contributed by atoms with Crippen molar-refractivity contribution in [1.29, 1.82) is 0 Å². The Bertz CT molecular complexity index is 3490. The first-order chi connectivity index (χ1) is 38.2. The van der Waals surface area contributed by atoms with E-state index in [4.69, 9.17) is 9.97 Å². The van der Waals surface area contributed by atoms with E-state index in [0.717, 1.165) is 50.8 Å². The van der Waals surface area contributed by atoms with E-state index in [2.05, 4.69) is 315 Å². The molecule has 430 valence electrons. The van der Waals surface area contributed by atoms with E-state index in [1.54, 1.807) is 0 Å². The van der Waals surface area contributed by atoms with Crippen LogP contribution < -0.4 is 26.2 Å². The maximum atomic E-state index is 5.86. The van der Waals surface area contributed by atoms with Crippen molar-refractivity contribution in [3.8, 4) is 33.9 Å². The third-order valence-electron chi connectivity index (χ3n) is 17.7. The summed E-state index contributed by atoms with van der Waals surface area (Å²) in [4.78, 5) is 16.9. The second-order valence-electron chi connectivity index (χ2n) is 32.7. The monoisotopic (exact) mass is 1100 g/mol. The lowest BCUT2D eigenvalue weighted by Crippen LogP contribution is -2.61. The van der Waals surface area contributed by atoms with Gasteiger partial charge in [-0.1, -0.05) is 227 Å². The predicted octanol–water partition coefficient (Wildman–Crippen LogP) is 19.9. The molecule has 8 aromatic rings. The topological polar surface area (TPSA) is 32.3 Å². The molecule has 10 rings (SSSR count). The van der Waals surface area contributed by atoms with E-state index in [1.807, 2.05) is 0 Å². The Hall–Kier alpha value is -6.72. The Morgan fingerprint density at radius 3 is 0.843 bits per heavy atom. The average molecular weight is 1100 g/mol. The minimum absolute atomic E-state index is 0.0132. The van der Waals surface area contributed by atoms with Gasteiger partial charge in [0.05, 0.1) is 11.4 Å². The molecular weight excluding hydrogens is 1000 g/mol. The summed E-state index contributed by atoms with van der Waals surface area (Å²) in [6.45, 7) is 55.6. The van der Waals surface area contributed by atoms with Crippen LogP contribution >= 0.6 is 0 Å². The highest BCUT2D eigenvalue weighted by atomic mass is 15.2. The van der Waals surface area contributed by atoms with E-state index in [9.17, 15) is 0 Å². The molecule has 3 heterocycles. The largest absolute Gasteiger partial charge is 0.311 e. The molecule has 0 amide bonds. The summed E-state index contributed by atoms with van der Waals surface area (Å²) >= 11 is 0. The summed E-state index contributed by atoms with van der Waals surface area (Å²) in [5.74, 6) is 0.694. The van der Waals surface area contributed by atoms with Crippen molar-refractivity contribution in [3.05, 3.63) is 184 Å². The maximum absolute atomic E-state index is 5.86. The van der Waals surface area contributed by atoms with Crippen LogP contribution in [-0.4, -0.2) is 16.7 Å². The van der Waals surface area contributed by atoms with Gasteiger partial charge in [-0.2, -0.15) is 0 Å². The van der Waals surface area contributed by atoms with Gasteiger partial charge in [-0.05, 0) is 183 Å². The van der Waals surface area contributed by atoms with Crippen LogP contribution in [-0.2, 0) is 43.3 Å². The second kappa shape index (κ2) is 20.0. The molecule has 0 unspecified atom stereocenters. The molecule has 0 bridgehead atoms. The van der Waals surface area contributed by atoms with Crippen molar-refractivity contribution < 1.29 is 0 Å². The van der Waals surface area contributed by atoms with Gasteiger partial charge in [0.25, 0.3) is 6.71 Å². The van der Waals surface area contributed by atoms with Gasteiger partial charge in [0.15, 0.2) is 5.82 Å². The summed E-state index contributed by atoms with van der Waals surface area (Å²) in [6, 6.07) is 54.9. The fraction of sp³-hybridized carbons (Fsp3) is 0.410. The first-order valence-electron chi connectivity index (χ1n) is 30.7. The molecule has 2 aliphatic heterocycles. The lowest BCUT2D eigenvalue weighted by atomic mass is 9.33. The normalized spacial score (nSPS) is 14.2. The lowest BCUT2D eigenvalue weighted by molar-refractivity contribution is 0.568. The van der Waals surface area contributed by atoms with Crippen molar-refractivity contribution >= 4 is 57.2 Å². The van der Waals surface area contributed by atoms with Gasteiger partial charge in [0, 0.05) is 50.8 Å². The number of anilines is 6. The third kappa shape index (κ3) is 11.5. The van der Waals surface area contributed by atoms with E-state index in [1.165, 1.54) is 72.3 Å². The standard InChI is InChI=1S/C78H95BN4/c1-71(2,3)51-25-31-59(32-26-51)82-65-45-53(73(7,8)9)29-35-61(65)79-62-36-30-54(74(10,11)12)46-66(62)83(60-33-27-52(28-34-60)72(4,5)6)68-42-50(41-67(82)69(68)79)70-80-63(48-37-55(75(13,14)15)43-56(38-48)76(16,17)18)47-64(81-70)49-39-57(77(19,20)21)44-58(40-49)78(22,23)24/h25-47H,1-24H3. The van der Waals surface area contributed by atoms with E-state index in [0.29, 0.717) is 5.82 Å². The van der Waals surface area contributed by atoms with E-state index >= 15 is 0 Å². The number of nitrogens with zero attached hydrogens (tertiary/aromatic N) is 4. The number of hydrogen-bond donors (Lipinski definition) is 0. The summed E-state index contributed by atoms with van der Waals surface area (Å²) in [5, 5.41) is 0. The molecule has 0 fully saturated rings. The molecule has 0 spiro atoms. The molecule has 83 heavy (non-hydrogen) atoms. The zero-order valence-electron chi connectivity index (χ0n) is 55.1. The molecule has 0 N–H and O–H groups in total. The number of hydrogen-bond acceptors (Lipinski definition) is 4. The second-order valence-corrected chi connectivity index (χ2v) is 32.7. The molecule has 4 nitrogen and oxygen atoms in total. The minimum atomic E-state index is -0.0928. The molecule has 0 saturated heterocycles. The van der Waals surface area contributed by atoms with Crippen molar-refractivity contribution in [1.82, 2.24) is 9.97 Å². The molecule has 1 aromatic heterocycles. The Balaban J connectivity index is 1.38. The highest BCUT2D eigenvalue weighted by molar-refractivity contribution is 7.00. The molecule has 0 radical (unpaired) electrons. The summed E-state index contributed by atoms with van der Waals surface area (Å²) < 4.78 is 0. The predicted molar refractivity (Wildman–Crippen MR) is 362 cm³/mol. The summed E-state index contributed by atoms with van der Waals surface area (Å²) in [7, 11) is 0. The fourth-order valence-corrected chi connectivity index (χ4v) is 12.0. The Morgan fingerprint density at radius 1 is 0.265 bits per heavy atom. The first kappa shape index (κ1) is 59.4. The van der Waals surface area contributed by atoms with Crippen molar-refractivity contribution in [2.75, 3.05) is 9.80 Å². The maximum Gasteiger partial charge on any atom is 0.252 e. The number of rotatable bonds is 5. The Morgan fingerprint density at radius 2 is 0.554 bits per heavy atom. The average Bonchev–Trinajstić information content (AvgIpc) is 0.815. The van der Waals surface area contributed by atoms with Crippen LogP contribution in [0.3, 0.4) is 0 Å². The number of aromatic nitrogens is 2. The molecule has 0 atom stereocenters. The van der Waals surface area contributed by atoms with Crippen LogP contribution in [0.4, 0.5) is 34.1 Å². The van der Waals surface area contributed by atoms with E-state index < -0.39 is 0 Å². The van der Waals surface area contributed by atoms with Crippen LogP contribution in [0.1, 0.15) is 211 Å². The summed E-state index contributed by atoms with van der Waals surface area (Å²) in [5.41, 5.74) is 25.6. The van der Waals surface area contributed by atoms with Gasteiger partial charge in [0.1, 0.15) is 0 Å². The smallest absolute Gasteiger partial charge is 0.252 e. The van der Waals surface area contributed by atoms with Gasteiger partial charge in [-0.3, -0.25) is 0 Å². The highest BCUT2D eigenvalue weighted by Crippen LogP contribution is 2.49. The molecule has 0 aliphatic carbocycles. The quantitative estimate of drug-likeness (QED) is 0.161. The van der Waals surface area contributed by atoms with Crippen LogP contribution in [0, 0.1) is 0 Å². The third-order valence-corrected chi connectivity index (χ3v) is 17.7. The molecular formula is C78H95BN4. The highest BCUT2D eigenvalue weighted by Gasteiger charge is 2.45. The molecule has 7 aromatic carbocycles. The van der Waals surface area contributed by atoms with Gasteiger partial charge in [-0.25, -0.2) is 9.97 Å². The lowest BCUT2D eigenvalue weighted by Gasteiger charge is -2.45. The Kier molecular flexibility index (Phi) is 14.3.